The average molecular weight is 535 g/mol. The molecular formula is C28H28Cl2N6O. The molecule has 0 saturated heterocycles. The Kier molecular flexibility index (Phi) is 9.68. The number of hydrogen-bond donors (Lipinski definition) is 3. The topological polar surface area (TPSA) is 95.1 Å². The largest absolute Gasteiger partial charge is 0.356 e. The van der Waals surface area contributed by atoms with Crippen LogP contribution in [0.4, 0.5) is 0 Å². The summed E-state index contributed by atoms with van der Waals surface area (Å²) in [5.74, 6) is 0.202. The Morgan fingerprint density at radius 3 is 2.59 bits per heavy atom. The number of nitrogens with one attached hydrogen (secondary N) is 3. The van der Waals surface area contributed by atoms with Crippen LogP contribution in [0.3, 0.4) is 0 Å². The molecule has 0 aliphatic carbocycles. The van der Waals surface area contributed by atoms with E-state index >= 15 is 0 Å². The number of rotatable bonds is 10. The molecule has 0 fully saturated rings. The summed E-state index contributed by atoms with van der Waals surface area (Å²) in [7, 11) is 0. The molecule has 190 valence electrons. The van der Waals surface area contributed by atoms with Crippen molar-refractivity contribution in [3.63, 3.8) is 0 Å². The highest BCUT2D eigenvalue weighted by molar-refractivity contribution is 6.42. The zero-order chi connectivity index (χ0) is 25.9. The quantitative estimate of drug-likeness (QED) is 0.139. The zero-order valence-corrected chi connectivity index (χ0v) is 21.7. The maximum Gasteiger partial charge on any atom is 0.257 e. The van der Waals surface area contributed by atoms with Gasteiger partial charge in [0.1, 0.15) is 0 Å². The fourth-order valence-electron chi connectivity index (χ4n) is 3.92. The van der Waals surface area contributed by atoms with Gasteiger partial charge in [0.05, 0.1) is 16.4 Å². The van der Waals surface area contributed by atoms with E-state index in [9.17, 15) is 4.79 Å². The Hall–Kier alpha value is -3.68. The summed E-state index contributed by atoms with van der Waals surface area (Å²) in [6.07, 6.45) is 7.58. The van der Waals surface area contributed by atoms with Crippen LogP contribution in [-0.2, 0) is 6.42 Å². The molecule has 9 heteroatoms. The van der Waals surface area contributed by atoms with E-state index in [2.05, 4.69) is 30.6 Å². The molecule has 3 N–H and O–H groups in total. The molecule has 1 atom stereocenters. The second-order valence-corrected chi connectivity index (χ2v) is 9.24. The van der Waals surface area contributed by atoms with Crippen molar-refractivity contribution in [2.75, 3.05) is 13.1 Å². The van der Waals surface area contributed by atoms with Crippen LogP contribution in [0.2, 0.25) is 10.0 Å². The highest BCUT2D eigenvalue weighted by Crippen LogP contribution is 2.31. The first-order chi connectivity index (χ1) is 18.1. The molecule has 0 aliphatic rings. The Labute approximate surface area is 226 Å². The number of carbonyl (C=O) groups excluding carboxylic acids is 1. The lowest BCUT2D eigenvalue weighted by Crippen LogP contribution is -2.42. The number of pyridine rings is 1. The summed E-state index contributed by atoms with van der Waals surface area (Å²) in [5.41, 5.74) is 3.56. The zero-order valence-electron chi connectivity index (χ0n) is 20.2. The predicted molar refractivity (Wildman–Crippen MR) is 148 cm³/mol. The van der Waals surface area contributed by atoms with Gasteiger partial charge >= 0.3 is 0 Å². The van der Waals surface area contributed by atoms with E-state index in [4.69, 9.17) is 23.2 Å². The van der Waals surface area contributed by atoms with Crippen LogP contribution in [0.5, 0.6) is 0 Å². The number of amides is 1. The maximum atomic E-state index is 12.8. The number of H-pyrrole nitrogens is 1. The van der Waals surface area contributed by atoms with Crippen LogP contribution >= 0.6 is 23.2 Å². The second kappa shape index (κ2) is 13.6. The van der Waals surface area contributed by atoms with Crippen molar-refractivity contribution in [1.29, 1.82) is 0 Å². The lowest BCUT2D eigenvalue weighted by molar-refractivity contribution is 0.0975. The SMILES string of the molecule is O=C(NC(=NCCCc1cnc[nH]1)NCCC(c1ccc(Cl)c(Cl)c1)c1ccccn1)c1ccccc1. The van der Waals surface area contributed by atoms with Gasteiger partial charge in [-0.15, -0.1) is 0 Å². The highest BCUT2D eigenvalue weighted by Gasteiger charge is 2.17. The summed E-state index contributed by atoms with van der Waals surface area (Å²) >= 11 is 12.5. The molecule has 0 spiro atoms. The molecule has 2 aromatic heterocycles. The number of hydrogen-bond acceptors (Lipinski definition) is 4. The molecule has 4 aromatic rings. The fraction of sp³-hybridized carbons (Fsp3) is 0.214. The monoisotopic (exact) mass is 534 g/mol. The number of halogens is 2. The van der Waals surface area contributed by atoms with Crippen molar-refractivity contribution in [3.8, 4) is 0 Å². The number of aromatic nitrogens is 3. The molecule has 7 nitrogen and oxygen atoms in total. The lowest BCUT2D eigenvalue weighted by Gasteiger charge is -2.19. The van der Waals surface area contributed by atoms with Crippen LogP contribution in [0.25, 0.3) is 0 Å². The number of carbonyl (C=O) groups is 1. The van der Waals surface area contributed by atoms with Gasteiger partial charge < -0.3 is 10.3 Å². The maximum absolute atomic E-state index is 12.8. The van der Waals surface area contributed by atoms with E-state index in [0.717, 1.165) is 29.8 Å². The number of nitrogens with zero attached hydrogens (tertiary/aromatic N) is 3. The number of imidazole rings is 1. The van der Waals surface area contributed by atoms with Gasteiger partial charge in [0.2, 0.25) is 0 Å². The number of aliphatic imine (C=N–C) groups is 1. The van der Waals surface area contributed by atoms with E-state index in [0.29, 0.717) is 41.1 Å². The molecule has 2 heterocycles. The molecule has 37 heavy (non-hydrogen) atoms. The number of benzene rings is 2. The summed E-state index contributed by atoms with van der Waals surface area (Å²) in [6, 6.07) is 20.6. The number of aryl methyl sites for hydroxylation is 1. The smallest absolute Gasteiger partial charge is 0.257 e. The molecule has 1 unspecified atom stereocenters. The summed E-state index contributed by atoms with van der Waals surface area (Å²) < 4.78 is 0. The molecule has 0 aliphatic heterocycles. The Balaban J connectivity index is 1.45. The van der Waals surface area contributed by atoms with Crippen LogP contribution in [0.1, 0.15) is 46.1 Å². The third kappa shape index (κ3) is 7.90. The molecular weight excluding hydrogens is 507 g/mol. The highest BCUT2D eigenvalue weighted by atomic mass is 35.5. The Bertz CT molecular complexity index is 1300. The summed E-state index contributed by atoms with van der Waals surface area (Å²) in [4.78, 5) is 29.2. The lowest BCUT2D eigenvalue weighted by atomic mass is 9.92. The molecule has 0 radical (unpaired) electrons. The standard InChI is InChI=1S/C28H28Cl2N6O/c29-24-12-11-21(17-25(24)30)23(26-10-4-5-14-32-26)13-16-34-28(33-15-6-9-22-18-31-19-35-22)36-27(37)20-7-2-1-3-8-20/h1-5,7-8,10-12,14,17-19,23H,6,9,13,15-16H2,(H,31,35)(H2,33,34,36,37). The summed E-state index contributed by atoms with van der Waals surface area (Å²) in [6.45, 7) is 1.10. The van der Waals surface area contributed by atoms with Crippen LogP contribution in [0, 0.1) is 0 Å². The average Bonchev–Trinajstić information content (AvgIpc) is 3.45. The van der Waals surface area contributed by atoms with Gasteiger partial charge in [0, 0.05) is 48.4 Å². The number of guanidine groups is 1. The minimum Gasteiger partial charge on any atom is -0.356 e. The molecule has 0 bridgehead atoms. The second-order valence-electron chi connectivity index (χ2n) is 8.43. The molecule has 0 saturated carbocycles. The first kappa shape index (κ1) is 26.4. The van der Waals surface area contributed by atoms with Gasteiger partial charge in [-0.25, -0.2) is 4.98 Å². The Morgan fingerprint density at radius 1 is 1.03 bits per heavy atom. The molecule has 1 amide bonds. The first-order valence-corrected chi connectivity index (χ1v) is 12.8. The van der Waals surface area contributed by atoms with Crippen molar-refractivity contribution >= 4 is 35.1 Å². The third-order valence-electron chi connectivity index (χ3n) is 5.81. The van der Waals surface area contributed by atoms with E-state index in [-0.39, 0.29) is 11.8 Å². The fourth-order valence-corrected chi connectivity index (χ4v) is 4.23. The molecule has 4 rings (SSSR count). The van der Waals surface area contributed by atoms with E-state index in [1.54, 1.807) is 36.9 Å². The number of aromatic amines is 1. The van der Waals surface area contributed by atoms with Crippen molar-refractivity contribution in [2.45, 2.75) is 25.2 Å². The van der Waals surface area contributed by atoms with Gasteiger partial charge in [-0.05, 0) is 61.2 Å². The van der Waals surface area contributed by atoms with Gasteiger partial charge in [0.15, 0.2) is 5.96 Å². The predicted octanol–water partition coefficient (Wildman–Crippen LogP) is 5.64. The minimum atomic E-state index is -0.217. The van der Waals surface area contributed by atoms with E-state index in [1.165, 1.54) is 0 Å². The van der Waals surface area contributed by atoms with Crippen molar-refractivity contribution in [2.24, 2.45) is 4.99 Å². The van der Waals surface area contributed by atoms with Crippen LogP contribution < -0.4 is 10.6 Å². The third-order valence-corrected chi connectivity index (χ3v) is 6.55. The van der Waals surface area contributed by atoms with Crippen molar-refractivity contribution in [3.05, 3.63) is 118 Å². The van der Waals surface area contributed by atoms with E-state index in [1.807, 2.05) is 48.5 Å². The first-order valence-electron chi connectivity index (χ1n) is 12.1. The van der Waals surface area contributed by atoms with Crippen molar-refractivity contribution < 1.29 is 4.79 Å². The molecule has 2 aromatic carbocycles. The van der Waals surface area contributed by atoms with Gasteiger partial charge in [-0.3, -0.25) is 20.1 Å². The van der Waals surface area contributed by atoms with E-state index < -0.39 is 0 Å². The Morgan fingerprint density at radius 2 is 1.86 bits per heavy atom. The van der Waals surface area contributed by atoms with Crippen LogP contribution in [-0.4, -0.2) is 39.9 Å². The van der Waals surface area contributed by atoms with Crippen molar-refractivity contribution in [1.82, 2.24) is 25.6 Å². The minimum absolute atomic E-state index is 0.0186. The van der Waals surface area contributed by atoms with Gasteiger partial charge in [-0.2, -0.15) is 0 Å². The normalized spacial score (nSPS) is 12.2. The summed E-state index contributed by atoms with van der Waals surface area (Å²) in [5, 5.41) is 7.26. The van der Waals surface area contributed by atoms with Gasteiger partial charge in [-0.1, -0.05) is 53.5 Å². The van der Waals surface area contributed by atoms with Crippen LogP contribution in [0.15, 0.2) is 90.4 Å². The van der Waals surface area contributed by atoms with Gasteiger partial charge in [0.25, 0.3) is 5.91 Å².